The Morgan fingerprint density at radius 1 is 1.00 bits per heavy atom. The zero-order valence-electron chi connectivity index (χ0n) is 14.4. The summed E-state index contributed by atoms with van der Waals surface area (Å²) >= 11 is 0. The molecule has 1 aliphatic rings. The molecule has 1 saturated carbocycles. The molecule has 0 saturated heterocycles. The standard InChI is InChI=1S/C21H22FNO2/c1-15-2-6-17(7-3-15)20(24)12-13-21(25)23(19-10-11-19)14-16-4-8-18(22)9-5-16/h2-9,19H,10-14H2,1H3. The molecule has 3 nitrogen and oxygen atoms in total. The second kappa shape index (κ2) is 7.60. The zero-order chi connectivity index (χ0) is 17.8. The van der Waals surface area contributed by atoms with Crippen molar-refractivity contribution in [2.24, 2.45) is 0 Å². The summed E-state index contributed by atoms with van der Waals surface area (Å²) in [6, 6.07) is 13.9. The van der Waals surface area contributed by atoms with Gasteiger partial charge in [-0.1, -0.05) is 42.0 Å². The van der Waals surface area contributed by atoms with E-state index in [-0.39, 0.29) is 36.4 Å². The summed E-state index contributed by atoms with van der Waals surface area (Å²) < 4.78 is 13.0. The maximum atomic E-state index is 13.0. The van der Waals surface area contributed by atoms with Gasteiger partial charge in [-0.3, -0.25) is 9.59 Å². The topological polar surface area (TPSA) is 37.4 Å². The summed E-state index contributed by atoms with van der Waals surface area (Å²) in [5.41, 5.74) is 2.66. The maximum absolute atomic E-state index is 13.0. The van der Waals surface area contributed by atoms with Crippen molar-refractivity contribution in [3.05, 3.63) is 71.0 Å². The van der Waals surface area contributed by atoms with Crippen LogP contribution in [0, 0.1) is 12.7 Å². The molecule has 1 aliphatic carbocycles. The van der Waals surface area contributed by atoms with E-state index in [0.29, 0.717) is 12.1 Å². The Bertz CT molecular complexity index is 748. The first-order chi connectivity index (χ1) is 12.0. The SMILES string of the molecule is Cc1ccc(C(=O)CCC(=O)N(Cc2ccc(F)cc2)C2CC2)cc1. The first-order valence-electron chi connectivity index (χ1n) is 8.67. The van der Waals surface area contributed by atoms with E-state index in [1.54, 1.807) is 24.3 Å². The molecule has 2 aromatic rings. The zero-order valence-corrected chi connectivity index (χ0v) is 14.4. The lowest BCUT2D eigenvalue weighted by Crippen LogP contribution is -2.32. The largest absolute Gasteiger partial charge is 0.335 e. The maximum Gasteiger partial charge on any atom is 0.223 e. The van der Waals surface area contributed by atoms with Gasteiger partial charge in [-0.15, -0.1) is 0 Å². The lowest BCUT2D eigenvalue weighted by molar-refractivity contribution is -0.132. The van der Waals surface area contributed by atoms with Gasteiger partial charge in [0.1, 0.15) is 5.82 Å². The molecule has 0 aromatic heterocycles. The number of hydrogen-bond donors (Lipinski definition) is 0. The summed E-state index contributed by atoms with van der Waals surface area (Å²) in [4.78, 5) is 26.7. The van der Waals surface area contributed by atoms with Crippen molar-refractivity contribution in [3.63, 3.8) is 0 Å². The van der Waals surface area contributed by atoms with E-state index >= 15 is 0 Å². The van der Waals surface area contributed by atoms with Crippen LogP contribution in [-0.2, 0) is 11.3 Å². The van der Waals surface area contributed by atoms with Crippen LogP contribution < -0.4 is 0 Å². The third-order valence-corrected chi connectivity index (χ3v) is 4.51. The number of halogens is 1. The van der Waals surface area contributed by atoms with Gasteiger partial charge in [0.05, 0.1) is 0 Å². The molecule has 0 bridgehead atoms. The number of nitrogens with zero attached hydrogens (tertiary/aromatic N) is 1. The third-order valence-electron chi connectivity index (χ3n) is 4.51. The van der Waals surface area contributed by atoms with Crippen LogP contribution in [0.25, 0.3) is 0 Å². The van der Waals surface area contributed by atoms with Gasteiger partial charge in [0.2, 0.25) is 5.91 Å². The van der Waals surface area contributed by atoms with Crippen molar-refractivity contribution in [3.8, 4) is 0 Å². The van der Waals surface area contributed by atoms with Crippen LogP contribution in [0.5, 0.6) is 0 Å². The lowest BCUT2D eigenvalue weighted by Gasteiger charge is -2.22. The molecule has 0 spiro atoms. The van der Waals surface area contributed by atoms with Crippen LogP contribution >= 0.6 is 0 Å². The second-order valence-corrected chi connectivity index (χ2v) is 6.67. The normalized spacial score (nSPS) is 13.5. The molecule has 0 aliphatic heterocycles. The van der Waals surface area contributed by atoms with Crippen LogP contribution in [0.3, 0.4) is 0 Å². The van der Waals surface area contributed by atoms with E-state index in [0.717, 1.165) is 24.0 Å². The Morgan fingerprint density at radius 3 is 2.24 bits per heavy atom. The quantitative estimate of drug-likeness (QED) is 0.706. The number of hydrogen-bond acceptors (Lipinski definition) is 2. The Labute approximate surface area is 147 Å². The van der Waals surface area contributed by atoms with Crippen LogP contribution in [0.15, 0.2) is 48.5 Å². The van der Waals surface area contributed by atoms with Gasteiger partial charge in [0, 0.05) is 31.0 Å². The van der Waals surface area contributed by atoms with E-state index in [1.165, 1.54) is 12.1 Å². The number of rotatable bonds is 7. The van der Waals surface area contributed by atoms with Crippen molar-refractivity contribution in [2.45, 2.75) is 45.2 Å². The number of amides is 1. The van der Waals surface area contributed by atoms with Crippen LogP contribution in [-0.4, -0.2) is 22.6 Å². The van der Waals surface area contributed by atoms with Gasteiger partial charge in [-0.2, -0.15) is 0 Å². The lowest BCUT2D eigenvalue weighted by atomic mass is 10.0. The highest BCUT2D eigenvalue weighted by molar-refractivity contribution is 5.98. The van der Waals surface area contributed by atoms with Crippen LogP contribution in [0.2, 0.25) is 0 Å². The minimum Gasteiger partial charge on any atom is -0.335 e. The third kappa shape index (κ3) is 4.75. The Morgan fingerprint density at radius 2 is 1.64 bits per heavy atom. The van der Waals surface area contributed by atoms with Gasteiger partial charge in [-0.25, -0.2) is 4.39 Å². The number of benzene rings is 2. The predicted molar refractivity (Wildman–Crippen MR) is 94.7 cm³/mol. The molecule has 1 fully saturated rings. The molecule has 0 radical (unpaired) electrons. The monoisotopic (exact) mass is 339 g/mol. The summed E-state index contributed by atoms with van der Waals surface area (Å²) in [6.45, 7) is 2.45. The highest BCUT2D eigenvalue weighted by atomic mass is 19.1. The fourth-order valence-electron chi connectivity index (χ4n) is 2.84. The molecule has 4 heteroatoms. The molecule has 3 rings (SSSR count). The summed E-state index contributed by atoms with van der Waals surface area (Å²) in [6.07, 6.45) is 2.43. The molecular formula is C21H22FNO2. The van der Waals surface area contributed by atoms with Gasteiger partial charge in [0.25, 0.3) is 0 Å². The Hall–Kier alpha value is -2.49. The molecular weight excluding hydrogens is 317 g/mol. The summed E-state index contributed by atoms with van der Waals surface area (Å²) in [7, 11) is 0. The second-order valence-electron chi connectivity index (χ2n) is 6.67. The predicted octanol–water partition coefficient (Wildman–Crippen LogP) is 4.29. The van der Waals surface area contributed by atoms with Crippen molar-refractivity contribution < 1.29 is 14.0 Å². The number of carbonyl (C=O) groups excluding carboxylic acids is 2. The molecule has 25 heavy (non-hydrogen) atoms. The molecule has 0 atom stereocenters. The molecule has 0 N–H and O–H groups in total. The molecule has 2 aromatic carbocycles. The van der Waals surface area contributed by atoms with Crippen molar-refractivity contribution in [2.75, 3.05) is 0 Å². The fraction of sp³-hybridized carbons (Fsp3) is 0.333. The number of aryl methyl sites for hydroxylation is 1. The van der Waals surface area contributed by atoms with Gasteiger partial charge in [-0.05, 0) is 37.5 Å². The van der Waals surface area contributed by atoms with Crippen LogP contribution in [0.4, 0.5) is 4.39 Å². The van der Waals surface area contributed by atoms with Crippen molar-refractivity contribution >= 4 is 11.7 Å². The first-order valence-corrected chi connectivity index (χ1v) is 8.67. The van der Waals surface area contributed by atoms with Gasteiger partial charge in [0.15, 0.2) is 5.78 Å². The van der Waals surface area contributed by atoms with E-state index in [1.807, 2.05) is 24.0 Å². The fourth-order valence-corrected chi connectivity index (χ4v) is 2.84. The minimum atomic E-state index is -0.281. The highest BCUT2D eigenvalue weighted by Gasteiger charge is 2.32. The summed E-state index contributed by atoms with van der Waals surface area (Å²) in [5.74, 6) is -0.296. The van der Waals surface area contributed by atoms with E-state index in [4.69, 9.17) is 0 Å². The molecule has 130 valence electrons. The number of Topliss-reactive ketones (excluding diaryl/α,β-unsaturated/α-hetero) is 1. The Kier molecular flexibility index (Phi) is 5.27. The minimum absolute atomic E-state index is 0.00714. The van der Waals surface area contributed by atoms with Crippen molar-refractivity contribution in [1.29, 1.82) is 0 Å². The molecule has 0 heterocycles. The average molecular weight is 339 g/mol. The molecule has 0 unspecified atom stereocenters. The number of ketones is 1. The van der Waals surface area contributed by atoms with E-state index in [9.17, 15) is 14.0 Å². The van der Waals surface area contributed by atoms with E-state index in [2.05, 4.69) is 0 Å². The van der Waals surface area contributed by atoms with Crippen LogP contribution in [0.1, 0.15) is 47.2 Å². The smallest absolute Gasteiger partial charge is 0.223 e. The van der Waals surface area contributed by atoms with Crippen molar-refractivity contribution in [1.82, 2.24) is 4.90 Å². The van der Waals surface area contributed by atoms with Gasteiger partial charge >= 0.3 is 0 Å². The van der Waals surface area contributed by atoms with Gasteiger partial charge < -0.3 is 4.90 Å². The average Bonchev–Trinajstić information content (AvgIpc) is 3.44. The van der Waals surface area contributed by atoms with E-state index < -0.39 is 0 Å². The number of carbonyl (C=O) groups is 2. The Balaban J connectivity index is 1.58. The molecule has 1 amide bonds. The highest BCUT2D eigenvalue weighted by Crippen LogP contribution is 2.29. The first kappa shape index (κ1) is 17.3. The summed E-state index contributed by atoms with van der Waals surface area (Å²) in [5, 5.41) is 0.